The molecule has 0 aromatic heterocycles. The van der Waals surface area contributed by atoms with E-state index >= 15 is 0 Å². The van der Waals surface area contributed by atoms with Crippen LogP contribution in [0.25, 0.3) is 0 Å². The molecule has 0 aromatic carbocycles. The van der Waals surface area contributed by atoms with E-state index in [1.807, 2.05) is 0 Å². The van der Waals surface area contributed by atoms with Gasteiger partial charge in [0.1, 0.15) is 0 Å². The lowest BCUT2D eigenvalue weighted by atomic mass is 10.1. The van der Waals surface area contributed by atoms with Crippen molar-refractivity contribution in [1.82, 2.24) is 0 Å². The molecule has 2 fully saturated rings. The van der Waals surface area contributed by atoms with Crippen molar-refractivity contribution in [2.45, 2.75) is 37.8 Å². The first kappa shape index (κ1) is 6.58. The molecule has 1 saturated carbocycles. The van der Waals surface area contributed by atoms with E-state index in [-0.39, 0.29) is 12.2 Å². The van der Waals surface area contributed by atoms with Crippen molar-refractivity contribution in [3.63, 3.8) is 0 Å². The number of hydrogen-bond donors (Lipinski definition) is 2. The Kier molecular flexibility index (Phi) is 1.44. The minimum atomic E-state index is -0.567. The van der Waals surface area contributed by atoms with E-state index < -0.39 is 6.29 Å². The lowest BCUT2D eigenvalue weighted by Crippen LogP contribution is -2.12. The van der Waals surface area contributed by atoms with Crippen LogP contribution in [0.2, 0.25) is 0 Å². The molecule has 1 heterocycles. The predicted molar refractivity (Wildman–Crippen MR) is 34.2 cm³/mol. The topological polar surface area (TPSA) is 49.7 Å². The third-order valence-corrected chi connectivity index (χ3v) is 2.44. The van der Waals surface area contributed by atoms with Gasteiger partial charge in [0.2, 0.25) is 0 Å². The number of fused-ring (bicyclic) bond motifs is 1. The Bertz CT molecular complexity index is 109. The molecular formula is C7H12O3. The summed E-state index contributed by atoms with van der Waals surface area (Å²) in [6, 6.07) is 0. The zero-order valence-electron chi connectivity index (χ0n) is 5.73. The molecule has 4 unspecified atom stereocenters. The largest absolute Gasteiger partial charge is 0.393 e. The highest BCUT2D eigenvalue weighted by molar-refractivity contribution is 4.88. The Morgan fingerprint density at radius 1 is 1.10 bits per heavy atom. The number of aliphatic hydroxyl groups is 2. The molecule has 0 radical (unpaired) electrons. The van der Waals surface area contributed by atoms with Crippen LogP contribution in [0.15, 0.2) is 0 Å². The number of rotatable bonds is 0. The first-order valence-corrected chi connectivity index (χ1v) is 3.77. The Morgan fingerprint density at radius 3 is 2.60 bits per heavy atom. The zero-order chi connectivity index (χ0) is 7.14. The molecule has 10 heavy (non-hydrogen) atoms. The highest BCUT2D eigenvalue weighted by Gasteiger charge is 2.41. The SMILES string of the molecule is OC1CC2CC(O)OC2C1. The van der Waals surface area contributed by atoms with E-state index in [0.29, 0.717) is 18.8 Å². The van der Waals surface area contributed by atoms with E-state index in [1.165, 1.54) is 0 Å². The number of ether oxygens (including phenoxy) is 1. The Morgan fingerprint density at radius 2 is 1.90 bits per heavy atom. The van der Waals surface area contributed by atoms with E-state index in [1.54, 1.807) is 0 Å². The fourth-order valence-electron chi connectivity index (χ4n) is 1.99. The van der Waals surface area contributed by atoms with E-state index in [9.17, 15) is 0 Å². The number of aliphatic hydroxyl groups excluding tert-OH is 2. The van der Waals surface area contributed by atoms with Crippen molar-refractivity contribution >= 4 is 0 Å². The second-order valence-electron chi connectivity index (χ2n) is 3.25. The molecule has 0 bridgehead atoms. The van der Waals surface area contributed by atoms with Crippen molar-refractivity contribution in [3.8, 4) is 0 Å². The normalized spacial score (nSPS) is 53.4. The van der Waals surface area contributed by atoms with Gasteiger partial charge in [-0.15, -0.1) is 0 Å². The first-order valence-electron chi connectivity index (χ1n) is 3.77. The van der Waals surface area contributed by atoms with Gasteiger partial charge in [-0.25, -0.2) is 0 Å². The summed E-state index contributed by atoms with van der Waals surface area (Å²) in [6.07, 6.45) is 1.60. The summed E-state index contributed by atoms with van der Waals surface area (Å²) in [5, 5.41) is 18.2. The number of hydrogen-bond acceptors (Lipinski definition) is 3. The second kappa shape index (κ2) is 2.19. The van der Waals surface area contributed by atoms with E-state index in [4.69, 9.17) is 14.9 Å². The highest BCUT2D eigenvalue weighted by Crippen LogP contribution is 2.38. The molecule has 0 spiro atoms. The summed E-state index contributed by atoms with van der Waals surface area (Å²) in [6.45, 7) is 0. The highest BCUT2D eigenvalue weighted by atomic mass is 16.6. The minimum absolute atomic E-state index is 0.130. The quantitative estimate of drug-likeness (QED) is 0.497. The third-order valence-electron chi connectivity index (χ3n) is 2.44. The Balaban J connectivity index is 2.00. The molecule has 3 nitrogen and oxygen atoms in total. The maximum absolute atomic E-state index is 9.16. The maximum Gasteiger partial charge on any atom is 0.155 e. The van der Waals surface area contributed by atoms with E-state index in [2.05, 4.69) is 0 Å². The van der Waals surface area contributed by atoms with Crippen molar-refractivity contribution < 1.29 is 14.9 Å². The van der Waals surface area contributed by atoms with Crippen molar-refractivity contribution in [2.24, 2.45) is 5.92 Å². The molecule has 0 aromatic rings. The Labute approximate surface area is 59.6 Å². The smallest absolute Gasteiger partial charge is 0.155 e. The average Bonchev–Trinajstić information content (AvgIpc) is 2.21. The molecule has 58 valence electrons. The van der Waals surface area contributed by atoms with Gasteiger partial charge in [0.05, 0.1) is 12.2 Å². The van der Waals surface area contributed by atoms with Gasteiger partial charge < -0.3 is 14.9 Å². The molecule has 1 aliphatic carbocycles. The summed E-state index contributed by atoms with van der Waals surface area (Å²) < 4.78 is 5.15. The van der Waals surface area contributed by atoms with E-state index in [0.717, 1.165) is 6.42 Å². The van der Waals surface area contributed by atoms with Crippen LogP contribution in [0.4, 0.5) is 0 Å². The molecule has 2 N–H and O–H groups in total. The van der Waals surface area contributed by atoms with Crippen molar-refractivity contribution in [1.29, 1.82) is 0 Å². The van der Waals surface area contributed by atoms with Gasteiger partial charge in [0.25, 0.3) is 0 Å². The standard InChI is InChI=1S/C7H12O3/c8-5-1-4-2-7(9)10-6(4)3-5/h4-9H,1-3H2. The Hall–Kier alpha value is -0.120. The second-order valence-corrected chi connectivity index (χ2v) is 3.25. The van der Waals surface area contributed by atoms with Crippen molar-refractivity contribution in [2.75, 3.05) is 0 Å². The van der Waals surface area contributed by atoms with Crippen LogP contribution in [0.1, 0.15) is 19.3 Å². The fraction of sp³-hybridized carbons (Fsp3) is 1.00. The van der Waals surface area contributed by atoms with Crippen LogP contribution in [0.3, 0.4) is 0 Å². The molecule has 2 aliphatic rings. The van der Waals surface area contributed by atoms with Crippen LogP contribution in [0.5, 0.6) is 0 Å². The zero-order valence-corrected chi connectivity index (χ0v) is 5.73. The molecule has 1 aliphatic heterocycles. The van der Waals surface area contributed by atoms with Gasteiger partial charge in [-0.1, -0.05) is 0 Å². The monoisotopic (exact) mass is 144 g/mol. The van der Waals surface area contributed by atoms with Crippen LogP contribution >= 0.6 is 0 Å². The van der Waals surface area contributed by atoms with Crippen LogP contribution < -0.4 is 0 Å². The molecule has 4 atom stereocenters. The van der Waals surface area contributed by atoms with Crippen LogP contribution in [0, 0.1) is 5.92 Å². The van der Waals surface area contributed by atoms with Gasteiger partial charge in [-0.05, 0) is 18.8 Å². The summed E-state index contributed by atoms with van der Waals surface area (Å²) >= 11 is 0. The summed E-state index contributed by atoms with van der Waals surface area (Å²) in [4.78, 5) is 0. The average molecular weight is 144 g/mol. The minimum Gasteiger partial charge on any atom is -0.393 e. The van der Waals surface area contributed by atoms with Gasteiger partial charge in [0, 0.05) is 6.42 Å². The lowest BCUT2D eigenvalue weighted by molar-refractivity contribution is -0.0947. The molecule has 1 saturated heterocycles. The van der Waals surface area contributed by atoms with Gasteiger partial charge in [0.15, 0.2) is 6.29 Å². The summed E-state index contributed by atoms with van der Waals surface area (Å²) in [5.41, 5.74) is 0. The third kappa shape index (κ3) is 0.944. The molecule has 2 rings (SSSR count). The first-order chi connectivity index (χ1) is 4.75. The predicted octanol–water partition coefficient (Wildman–Crippen LogP) is -0.135. The van der Waals surface area contributed by atoms with Gasteiger partial charge in [-0.2, -0.15) is 0 Å². The van der Waals surface area contributed by atoms with Crippen LogP contribution in [-0.2, 0) is 4.74 Å². The van der Waals surface area contributed by atoms with Crippen LogP contribution in [-0.4, -0.2) is 28.7 Å². The molecular weight excluding hydrogens is 132 g/mol. The lowest BCUT2D eigenvalue weighted by Gasteiger charge is -2.06. The summed E-state index contributed by atoms with van der Waals surface area (Å²) in [7, 11) is 0. The molecule has 0 amide bonds. The van der Waals surface area contributed by atoms with Gasteiger partial charge in [-0.3, -0.25) is 0 Å². The van der Waals surface area contributed by atoms with Crippen molar-refractivity contribution in [3.05, 3.63) is 0 Å². The summed E-state index contributed by atoms with van der Waals surface area (Å²) in [5.74, 6) is 0.407. The fourth-order valence-corrected chi connectivity index (χ4v) is 1.99. The maximum atomic E-state index is 9.16. The molecule has 3 heteroatoms. The van der Waals surface area contributed by atoms with Gasteiger partial charge >= 0.3 is 0 Å².